The largest absolute Gasteiger partial charge is 0.456 e. The van der Waals surface area contributed by atoms with Crippen molar-refractivity contribution in [2.75, 3.05) is 9.80 Å². The molecule has 0 amide bonds. The molecule has 17 aromatic carbocycles. The summed E-state index contributed by atoms with van der Waals surface area (Å²) in [5.74, 6) is 0. The van der Waals surface area contributed by atoms with Crippen LogP contribution < -0.4 is 9.80 Å². The molecule has 109 heavy (non-hydrogen) atoms. The van der Waals surface area contributed by atoms with Crippen molar-refractivity contribution in [2.45, 2.75) is 19.3 Å². The highest BCUT2D eigenvalue weighted by Gasteiger charge is 2.37. The van der Waals surface area contributed by atoms with Gasteiger partial charge in [0.05, 0.1) is 11.0 Å². The Morgan fingerprint density at radius 3 is 1.06 bits per heavy atom. The number of furan rings is 1. The van der Waals surface area contributed by atoms with Gasteiger partial charge in [0.15, 0.2) is 0 Å². The normalized spacial score (nSPS) is 12.2. The van der Waals surface area contributed by atoms with Gasteiger partial charge in [0, 0.05) is 66.8 Å². The van der Waals surface area contributed by atoms with Gasteiger partial charge in [-0.25, -0.2) is 0 Å². The van der Waals surface area contributed by atoms with Gasteiger partial charge in [0.1, 0.15) is 11.2 Å². The number of hydrogen-bond acceptors (Lipinski definition) is 3. The molecule has 20 rings (SSSR count). The molecule has 19 aromatic rings. The second-order valence-electron chi connectivity index (χ2n) is 29.2. The van der Waals surface area contributed by atoms with Gasteiger partial charge < -0.3 is 18.8 Å². The van der Waals surface area contributed by atoms with Crippen molar-refractivity contribution < 1.29 is 4.42 Å². The van der Waals surface area contributed by atoms with Crippen LogP contribution in [0.1, 0.15) is 25.0 Å². The molecule has 1 aliphatic carbocycles. The SMILES string of the molecule is CC1(C)c2cc(N(c3ccccc3)c3ccc(-c4ccc(-c5ccccc5)cc4)cc3)ccc2-c2ccc(-n3c4ccccc4c4cc(-c5cccc(-c6ccc(-c7ccc(N(c8ccc(-c9ccc(-c%10ccccc%10)cc9)cc8)c8ccc(-c9ccc%10oc%11ccccc%11c%10c9)cc8)cc7)cc6)c5)ccc43)cc21. The summed E-state index contributed by atoms with van der Waals surface area (Å²) in [7, 11) is 0. The van der Waals surface area contributed by atoms with Gasteiger partial charge in [-0.05, 0) is 239 Å². The molecule has 0 bridgehead atoms. The summed E-state index contributed by atoms with van der Waals surface area (Å²) >= 11 is 0. The van der Waals surface area contributed by atoms with Gasteiger partial charge in [-0.3, -0.25) is 0 Å². The van der Waals surface area contributed by atoms with E-state index >= 15 is 0 Å². The first-order valence-corrected chi connectivity index (χ1v) is 37.6. The van der Waals surface area contributed by atoms with Crippen molar-refractivity contribution in [1.82, 2.24) is 4.57 Å². The van der Waals surface area contributed by atoms with Crippen LogP contribution in [-0.2, 0) is 5.41 Å². The van der Waals surface area contributed by atoms with Crippen molar-refractivity contribution in [1.29, 1.82) is 0 Å². The van der Waals surface area contributed by atoms with Gasteiger partial charge in [-0.15, -0.1) is 0 Å². The second kappa shape index (κ2) is 26.8. The number of benzene rings is 17. The third kappa shape index (κ3) is 11.8. The zero-order valence-corrected chi connectivity index (χ0v) is 60.4. The minimum absolute atomic E-state index is 0.278. The zero-order chi connectivity index (χ0) is 72.5. The van der Waals surface area contributed by atoms with E-state index in [4.69, 9.17) is 4.42 Å². The fraction of sp³-hybridized carbons (Fsp3) is 0.0286. The van der Waals surface area contributed by atoms with Gasteiger partial charge >= 0.3 is 0 Å². The highest BCUT2D eigenvalue weighted by molar-refractivity contribution is 6.11. The number of fused-ring (bicyclic) bond motifs is 9. The first-order chi connectivity index (χ1) is 53.7. The Bertz CT molecular complexity index is 6600. The molecule has 0 aliphatic heterocycles. The van der Waals surface area contributed by atoms with Crippen LogP contribution in [-0.4, -0.2) is 4.57 Å². The lowest BCUT2D eigenvalue weighted by Gasteiger charge is -2.28. The first-order valence-electron chi connectivity index (χ1n) is 37.6. The Kier molecular flexibility index (Phi) is 15.9. The predicted octanol–water partition coefficient (Wildman–Crippen LogP) is 29.3. The molecule has 2 heterocycles. The van der Waals surface area contributed by atoms with Crippen LogP contribution in [0.3, 0.4) is 0 Å². The number of anilines is 6. The van der Waals surface area contributed by atoms with Gasteiger partial charge in [0.25, 0.3) is 0 Å². The zero-order valence-electron chi connectivity index (χ0n) is 60.4. The Morgan fingerprint density at radius 2 is 0.532 bits per heavy atom. The van der Waals surface area contributed by atoms with Crippen molar-refractivity contribution in [3.63, 3.8) is 0 Å². The topological polar surface area (TPSA) is 24.6 Å². The van der Waals surface area contributed by atoms with Crippen molar-refractivity contribution >= 4 is 77.9 Å². The Labute approximate surface area is 635 Å². The van der Waals surface area contributed by atoms with E-state index in [0.29, 0.717) is 0 Å². The maximum atomic E-state index is 6.19. The summed E-state index contributed by atoms with van der Waals surface area (Å²) in [6.45, 7) is 4.79. The molecular weight excluding hydrogens is 1320 g/mol. The van der Waals surface area contributed by atoms with Gasteiger partial charge in [-0.2, -0.15) is 0 Å². The maximum absolute atomic E-state index is 6.19. The summed E-state index contributed by atoms with van der Waals surface area (Å²) in [5.41, 5.74) is 35.7. The monoisotopic (exact) mass is 1390 g/mol. The third-order valence-corrected chi connectivity index (χ3v) is 22.5. The molecule has 0 fully saturated rings. The van der Waals surface area contributed by atoms with Crippen molar-refractivity contribution in [3.05, 3.63) is 418 Å². The number of para-hydroxylation sites is 3. The van der Waals surface area contributed by atoms with Crippen molar-refractivity contribution in [3.8, 4) is 106 Å². The Hall–Kier alpha value is -14.1. The fourth-order valence-electron chi connectivity index (χ4n) is 16.7. The molecule has 4 heteroatoms. The molecule has 0 saturated heterocycles. The number of rotatable bonds is 15. The van der Waals surface area contributed by atoms with Crippen LogP contribution in [0.15, 0.2) is 411 Å². The van der Waals surface area contributed by atoms with Crippen LogP contribution in [0.2, 0.25) is 0 Å². The van der Waals surface area contributed by atoms with Gasteiger partial charge in [-0.1, -0.05) is 293 Å². The Balaban J connectivity index is 0.563. The van der Waals surface area contributed by atoms with E-state index in [1.54, 1.807) is 0 Å². The molecule has 0 atom stereocenters. The van der Waals surface area contributed by atoms with Crippen LogP contribution in [0, 0.1) is 0 Å². The average Bonchev–Trinajstić information content (AvgIpc) is 1.52. The third-order valence-electron chi connectivity index (χ3n) is 22.5. The van der Waals surface area contributed by atoms with Crippen LogP contribution in [0.25, 0.3) is 150 Å². The first kappa shape index (κ1) is 64.5. The lowest BCUT2D eigenvalue weighted by molar-refractivity contribution is 0.660. The van der Waals surface area contributed by atoms with Crippen LogP contribution >= 0.6 is 0 Å². The van der Waals surface area contributed by atoms with E-state index in [0.717, 1.165) is 84.0 Å². The molecule has 514 valence electrons. The molecule has 2 aromatic heterocycles. The molecule has 0 saturated carbocycles. The minimum Gasteiger partial charge on any atom is -0.456 e. The van der Waals surface area contributed by atoms with Gasteiger partial charge in [0.2, 0.25) is 0 Å². The lowest BCUT2D eigenvalue weighted by Crippen LogP contribution is -2.17. The summed E-state index contributed by atoms with van der Waals surface area (Å²) in [6.07, 6.45) is 0. The van der Waals surface area contributed by atoms with E-state index in [-0.39, 0.29) is 5.41 Å². The summed E-state index contributed by atoms with van der Waals surface area (Å²) in [6, 6.07) is 148. The van der Waals surface area contributed by atoms with Crippen LogP contribution in [0.5, 0.6) is 0 Å². The number of nitrogens with zero attached hydrogens (tertiary/aromatic N) is 3. The molecule has 0 spiro atoms. The second-order valence-corrected chi connectivity index (χ2v) is 29.2. The standard InChI is InChI=1S/C105H73N3O/c1-105(2)99-68-91(107(86-23-10-5-11-24-86)90-55-45-79(46-56-90)75-35-31-73(32-36-75)71-19-8-4-9-20-71)59-61-93(99)94-62-60-92(69-100(94)105)108-101-27-14-12-25-95(101)97-66-85(49-63-102(97)108)83-22-16-21-82(65-83)80-39-37-76(38-40-80)78-43-53-88(54-44-78)106(87-51-41-77(42-52-87)74-33-29-72(30-34-74)70-17-6-3-7-18-70)89-57-47-81(48-58-89)84-50-64-104-98(67-84)96-26-13-15-28-103(96)109-104/h3-69H,1-2H3. The number of hydrogen-bond donors (Lipinski definition) is 0. The summed E-state index contributed by atoms with van der Waals surface area (Å²) in [4.78, 5) is 4.74. The predicted molar refractivity (Wildman–Crippen MR) is 458 cm³/mol. The molecule has 0 N–H and O–H groups in total. The molecule has 0 radical (unpaired) electrons. The molecule has 0 unspecified atom stereocenters. The van der Waals surface area contributed by atoms with Crippen molar-refractivity contribution in [2.24, 2.45) is 0 Å². The summed E-state index contributed by atoms with van der Waals surface area (Å²) < 4.78 is 8.66. The smallest absolute Gasteiger partial charge is 0.135 e. The minimum atomic E-state index is -0.278. The molecule has 4 nitrogen and oxygen atoms in total. The average molecular weight is 1390 g/mol. The Morgan fingerprint density at radius 1 is 0.211 bits per heavy atom. The molecule has 1 aliphatic rings. The van der Waals surface area contributed by atoms with E-state index in [1.165, 1.54) is 111 Å². The van der Waals surface area contributed by atoms with E-state index in [9.17, 15) is 0 Å². The number of aromatic nitrogens is 1. The quantitative estimate of drug-likeness (QED) is 0.102. The highest BCUT2D eigenvalue weighted by Crippen LogP contribution is 2.52. The van der Waals surface area contributed by atoms with E-state index in [2.05, 4.69) is 423 Å². The fourth-order valence-corrected chi connectivity index (χ4v) is 16.7. The molecular formula is C105H73N3O. The van der Waals surface area contributed by atoms with Crippen LogP contribution in [0.4, 0.5) is 34.1 Å². The highest BCUT2D eigenvalue weighted by atomic mass is 16.3. The summed E-state index contributed by atoms with van der Waals surface area (Å²) in [5, 5.41) is 4.71. The van der Waals surface area contributed by atoms with E-state index < -0.39 is 0 Å². The van der Waals surface area contributed by atoms with E-state index in [1.807, 2.05) is 12.1 Å². The lowest BCUT2D eigenvalue weighted by atomic mass is 9.82. The maximum Gasteiger partial charge on any atom is 0.135 e.